The molecule has 1 heterocycles. The summed E-state index contributed by atoms with van der Waals surface area (Å²) in [6.45, 7) is 8.09. The summed E-state index contributed by atoms with van der Waals surface area (Å²) in [5.74, 6) is 0.562. The van der Waals surface area contributed by atoms with Crippen LogP contribution in [0.4, 0.5) is 5.69 Å². The topological polar surface area (TPSA) is 189 Å². The summed E-state index contributed by atoms with van der Waals surface area (Å²) in [6, 6.07) is 13.9. The van der Waals surface area contributed by atoms with Crippen molar-refractivity contribution >= 4 is 17.0 Å². The number of hydrogen-bond acceptors (Lipinski definition) is 14. The van der Waals surface area contributed by atoms with Crippen LogP contribution in [0, 0.1) is 0 Å². The predicted octanol–water partition coefficient (Wildman–Crippen LogP) is 6.31. The minimum Gasteiger partial charge on any atom is -0.507 e. The van der Waals surface area contributed by atoms with E-state index in [9.17, 15) is 30.6 Å². The predicted molar refractivity (Wildman–Crippen MR) is 216 cm³/mol. The van der Waals surface area contributed by atoms with Crippen LogP contribution in [0.15, 0.2) is 66.9 Å². The monoisotopic (exact) mass is 797 g/mol. The Hall–Kier alpha value is -4.70. The molecule has 14 heteroatoms. The molecule has 0 amide bonds. The van der Waals surface area contributed by atoms with Gasteiger partial charge in [-0.15, -0.1) is 0 Å². The number of rotatable bonds is 27. The van der Waals surface area contributed by atoms with Crippen LogP contribution in [0.5, 0.6) is 34.5 Å². The van der Waals surface area contributed by atoms with Crippen LogP contribution in [0.1, 0.15) is 70.4 Å². The number of benzene rings is 3. The van der Waals surface area contributed by atoms with Crippen molar-refractivity contribution in [1.29, 1.82) is 0 Å². The first-order chi connectivity index (χ1) is 27.6. The van der Waals surface area contributed by atoms with Crippen molar-refractivity contribution in [2.24, 2.45) is 0 Å². The summed E-state index contributed by atoms with van der Waals surface area (Å²) < 4.78 is 33.5. The Morgan fingerprint density at radius 2 is 0.965 bits per heavy atom. The average Bonchev–Trinajstić information content (AvgIpc) is 3.20. The number of unbranched alkanes of at least 4 members (excludes halogenated alkanes) is 3. The van der Waals surface area contributed by atoms with E-state index >= 15 is 0 Å². The van der Waals surface area contributed by atoms with E-state index in [2.05, 4.69) is 20.8 Å². The third-order valence-electron chi connectivity index (χ3n) is 8.62. The second kappa shape index (κ2) is 24.2. The maximum atomic E-state index is 11.2. The number of aliphatic hydroxyl groups is 3. The molecule has 3 atom stereocenters. The van der Waals surface area contributed by atoms with Gasteiger partial charge >= 0.3 is 0 Å². The van der Waals surface area contributed by atoms with Gasteiger partial charge in [0.05, 0.1) is 31.6 Å². The number of aliphatic hydroxyl groups excluding tert-OH is 3. The molecule has 57 heavy (non-hydrogen) atoms. The molecule has 0 saturated heterocycles. The molecule has 1 aliphatic rings. The second-order valence-electron chi connectivity index (χ2n) is 13.7. The number of anilines is 1. The fourth-order valence-corrected chi connectivity index (χ4v) is 5.41. The maximum absolute atomic E-state index is 11.2. The molecular weight excluding hydrogens is 738 g/mol. The first-order valence-corrected chi connectivity index (χ1v) is 19.7. The highest BCUT2D eigenvalue weighted by molar-refractivity contribution is 5.88. The van der Waals surface area contributed by atoms with E-state index in [1.54, 1.807) is 48.7 Å². The average molecular weight is 798 g/mol. The molecule has 14 nitrogen and oxygen atoms in total. The molecule has 314 valence electrons. The number of allylic oxidation sites excluding steroid dienone is 2. The van der Waals surface area contributed by atoms with Gasteiger partial charge in [-0.1, -0.05) is 40.0 Å². The Bertz CT molecular complexity index is 1710. The van der Waals surface area contributed by atoms with Crippen molar-refractivity contribution in [2.45, 2.75) is 77.6 Å². The summed E-state index contributed by atoms with van der Waals surface area (Å²) in [4.78, 5) is 6.21. The first kappa shape index (κ1) is 45.0. The number of phenolic OH excluding ortho intramolecular Hbond substituents is 3. The summed E-state index contributed by atoms with van der Waals surface area (Å²) in [5.41, 5.74) is 1.30. The van der Waals surface area contributed by atoms with Gasteiger partial charge < -0.3 is 63.9 Å². The van der Waals surface area contributed by atoms with E-state index in [-0.39, 0.29) is 73.9 Å². The minimum atomic E-state index is -0.856. The van der Waals surface area contributed by atoms with Crippen molar-refractivity contribution in [2.75, 3.05) is 64.5 Å². The van der Waals surface area contributed by atoms with Gasteiger partial charge in [0.2, 0.25) is 0 Å². The molecule has 3 aromatic carbocycles. The lowest BCUT2D eigenvalue weighted by molar-refractivity contribution is 0.0113. The number of aromatic hydroxyl groups is 3. The van der Waals surface area contributed by atoms with Gasteiger partial charge in [0.25, 0.3) is 0 Å². The zero-order valence-electron chi connectivity index (χ0n) is 33.2. The standard InChI is InChI=1S/C43H59NO13/c1-4-7-16-51-24-31(45)27-54-34-10-13-37(40(48)20-34)30-19-43(38-14-11-35(21-41(38)49)55-28-32(46)25-52-17-8-5-2)57-44(23-30)39-15-12-36(22-42(39)50)56-29-33(47)26-53-18-9-6-3/h10-15,19-23,31-33,45-50H,4-9,16-18,24-29H2,1-3H3. The quantitative estimate of drug-likeness (QED) is 0.0471. The van der Waals surface area contributed by atoms with E-state index in [0.717, 1.165) is 38.5 Å². The number of hydrogen-bond donors (Lipinski definition) is 6. The fourth-order valence-electron chi connectivity index (χ4n) is 5.41. The highest BCUT2D eigenvalue weighted by Crippen LogP contribution is 2.42. The first-order valence-electron chi connectivity index (χ1n) is 19.7. The summed E-state index contributed by atoms with van der Waals surface area (Å²) in [6.07, 6.45) is 6.28. The van der Waals surface area contributed by atoms with Crippen molar-refractivity contribution in [3.05, 3.63) is 78.0 Å². The molecule has 0 saturated carbocycles. The van der Waals surface area contributed by atoms with Crippen molar-refractivity contribution < 1.29 is 63.9 Å². The highest BCUT2D eigenvalue weighted by Gasteiger charge is 2.24. The molecule has 1 aliphatic heterocycles. The molecular formula is C43H59NO13. The fraction of sp³-hybridized carbons (Fsp3) is 0.488. The Morgan fingerprint density at radius 1 is 0.544 bits per heavy atom. The zero-order valence-corrected chi connectivity index (χ0v) is 33.2. The summed E-state index contributed by atoms with van der Waals surface area (Å²) >= 11 is 0. The largest absolute Gasteiger partial charge is 0.507 e. The molecule has 0 aliphatic carbocycles. The third-order valence-corrected chi connectivity index (χ3v) is 8.62. The van der Waals surface area contributed by atoms with Crippen LogP contribution >= 0.6 is 0 Å². The van der Waals surface area contributed by atoms with Crippen LogP contribution in [0.3, 0.4) is 0 Å². The molecule has 0 spiro atoms. The van der Waals surface area contributed by atoms with E-state index in [1.165, 1.54) is 23.3 Å². The van der Waals surface area contributed by atoms with Gasteiger partial charge in [-0.2, -0.15) is 5.06 Å². The lowest BCUT2D eigenvalue weighted by atomic mass is 10.0. The number of nitrogens with zero attached hydrogens (tertiary/aromatic N) is 1. The maximum Gasteiger partial charge on any atom is 0.167 e. The molecule has 4 rings (SSSR count). The Kier molecular flexibility index (Phi) is 19.1. The van der Waals surface area contributed by atoms with Crippen LogP contribution in [0.2, 0.25) is 0 Å². The highest BCUT2D eigenvalue weighted by atomic mass is 16.7. The summed E-state index contributed by atoms with van der Waals surface area (Å²) in [5, 5.41) is 65.5. The van der Waals surface area contributed by atoms with Gasteiger partial charge in [-0.25, -0.2) is 0 Å². The minimum absolute atomic E-state index is 0.0331. The molecule has 0 bridgehead atoms. The molecule has 0 fully saturated rings. The SMILES string of the molecule is CCCCOCC(O)COc1ccc(C2=CN(c3ccc(OCC(O)COCCCC)cc3O)OC(c3ccc(OCC(O)COCCCC)cc3O)=C2)c(O)c1. The van der Waals surface area contributed by atoms with Gasteiger partial charge in [-0.05, 0) is 61.7 Å². The molecule has 6 N–H and O–H groups in total. The Morgan fingerprint density at radius 3 is 1.39 bits per heavy atom. The van der Waals surface area contributed by atoms with E-state index < -0.39 is 18.3 Å². The van der Waals surface area contributed by atoms with Gasteiger partial charge in [0.1, 0.15) is 78.3 Å². The molecule has 3 aromatic rings. The van der Waals surface area contributed by atoms with Gasteiger partial charge in [0.15, 0.2) is 5.76 Å². The number of hydroxylamine groups is 1. The number of phenols is 3. The molecule has 3 unspecified atom stereocenters. The van der Waals surface area contributed by atoms with Crippen molar-refractivity contribution in [3.8, 4) is 34.5 Å². The van der Waals surface area contributed by atoms with Crippen LogP contribution in [0.25, 0.3) is 11.3 Å². The molecule has 0 aromatic heterocycles. The van der Waals surface area contributed by atoms with Crippen molar-refractivity contribution in [3.63, 3.8) is 0 Å². The van der Waals surface area contributed by atoms with Crippen LogP contribution < -0.4 is 19.3 Å². The third kappa shape index (κ3) is 15.0. The second-order valence-corrected chi connectivity index (χ2v) is 13.7. The van der Waals surface area contributed by atoms with Crippen molar-refractivity contribution in [1.82, 2.24) is 0 Å². The normalized spacial score (nSPS) is 14.3. The van der Waals surface area contributed by atoms with Gasteiger partial charge in [-0.3, -0.25) is 0 Å². The van der Waals surface area contributed by atoms with Crippen LogP contribution in [-0.4, -0.2) is 108 Å². The number of ether oxygens (including phenoxy) is 6. The lowest BCUT2D eigenvalue weighted by Gasteiger charge is -2.28. The lowest BCUT2D eigenvalue weighted by Crippen LogP contribution is -2.24. The van der Waals surface area contributed by atoms with E-state index in [0.29, 0.717) is 48.2 Å². The van der Waals surface area contributed by atoms with E-state index in [1.807, 2.05) is 0 Å². The van der Waals surface area contributed by atoms with Gasteiger partial charge in [0, 0.05) is 49.2 Å². The van der Waals surface area contributed by atoms with E-state index in [4.69, 9.17) is 33.3 Å². The Balaban J connectivity index is 1.54. The Labute approximate surface area is 335 Å². The smallest absolute Gasteiger partial charge is 0.167 e. The zero-order chi connectivity index (χ0) is 41.0. The molecule has 0 radical (unpaired) electrons. The summed E-state index contributed by atoms with van der Waals surface area (Å²) in [7, 11) is 0. The van der Waals surface area contributed by atoms with Crippen LogP contribution in [-0.2, 0) is 19.0 Å².